The molecule has 8 nitrogen and oxygen atoms in total. The van der Waals surface area contributed by atoms with Gasteiger partial charge in [-0.3, -0.25) is 4.79 Å². The molecule has 0 radical (unpaired) electrons. The molecule has 122 valence electrons. The van der Waals surface area contributed by atoms with Gasteiger partial charge in [-0.2, -0.15) is 8.42 Å². The molecule has 0 spiro atoms. The minimum absolute atomic E-state index is 0.353. The van der Waals surface area contributed by atoms with E-state index in [4.69, 9.17) is 0 Å². The second-order valence-corrected chi connectivity index (χ2v) is 6.31. The van der Waals surface area contributed by atoms with Crippen molar-refractivity contribution in [1.29, 1.82) is 0 Å². The lowest BCUT2D eigenvalue weighted by Crippen LogP contribution is -2.43. The number of anilines is 1. The number of nitrogens with zero attached hydrogens (tertiary/aromatic N) is 2. The van der Waals surface area contributed by atoms with E-state index in [2.05, 4.69) is 9.38 Å². The lowest BCUT2D eigenvalue weighted by atomic mass is 10.0. The quantitative estimate of drug-likeness (QED) is 0.496. The average Bonchev–Trinajstić information content (AvgIpc) is 3.15. The fourth-order valence-corrected chi connectivity index (χ4v) is 3.10. The maximum atomic E-state index is 12.8. The van der Waals surface area contributed by atoms with E-state index in [9.17, 15) is 18.0 Å². The summed E-state index contributed by atoms with van der Waals surface area (Å²) in [5, 5.41) is 0.854. The van der Waals surface area contributed by atoms with Crippen molar-refractivity contribution in [3.8, 4) is 0 Å². The molecule has 0 aliphatic carbocycles. The number of nitrogens with one attached hydrogen (secondary N) is 2. The van der Waals surface area contributed by atoms with Crippen molar-refractivity contribution in [2.45, 2.75) is 6.92 Å². The predicted octanol–water partition coefficient (Wildman–Crippen LogP) is 1.38. The highest BCUT2D eigenvalue weighted by Crippen LogP contribution is 2.39. The van der Waals surface area contributed by atoms with Crippen LogP contribution in [-0.2, 0) is 19.8 Å². The highest BCUT2D eigenvalue weighted by molar-refractivity contribution is 7.88. The number of aromatic nitrogens is 1. The van der Waals surface area contributed by atoms with Crippen molar-refractivity contribution in [3.05, 3.63) is 53.9 Å². The molecule has 0 bridgehead atoms. The second-order valence-electron chi connectivity index (χ2n) is 4.99. The number of hydrazine groups is 1. The van der Waals surface area contributed by atoms with Crippen LogP contribution >= 0.6 is 0 Å². The molecule has 1 aromatic heterocycles. The first-order valence-corrected chi connectivity index (χ1v) is 8.28. The first-order chi connectivity index (χ1) is 11.4. The number of allylic oxidation sites excluding steroid dienone is 1. The van der Waals surface area contributed by atoms with E-state index in [0.717, 1.165) is 16.8 Å². The Morgan fingerprint density at radius 3 is 2.67 bits per heavy atom. The zero-order chi connectivity index (χ0) is 17.3. The third-order valence-corrected chi connectivity index (χ3v) is 4.30. The molecule has 24 heavy (non-hydrogen) atoms. The lowest BCUT2D eigenvalue weighted by Gasteiger charge is -2.15. The van der Waals surface area contributed by atoms with Gasteiger partial charge in [0.05, 0.1) is 11.3 Å². The number of H-pyrrole nitrogens is 1. The van der Waals surface area contributed by atoms with Crippen LogP contribution in [0, 0.1) is 0 Å². The number of hydrogen-bond donors (Lipinski definition) is 2. The van der Waals surface area contributed by atoms with Crippen LogP contribution in [0.4, 0.5) is 5.69 Å². The number of isocyanates is 1. The van der Waals surface area contributed by atoms with Gasteiger partial charge in [0.2, 0.25) is 0 Å². The Kier molecular flexibility index (Phi) is 3.90. The van der Waals surface area contributed by atoms with Gasteiger partial charge in [0, 0.05) is 17.5 Å². The van der Waals surface area contributed by atoms with Crippen LogP contribution in [-0.4, -0.2) is 25.4 Å². The van der Waals surface area contributed by atoms with Crippen LogP contribution in [0.3, 0.4) is 0 Å². The number of para-hydroxylation sites is 1. The Bertz CT molecular complexity index is 986. The van der Waals surface area contributed by atoms with Crippen molar-refractivity contribution in [3.63, 3.8) is 0 Å². The van der Waals surface area contributed by atoms with Crippen LogP contribution < -0.4 is 9.84 Å². The summed E-state index contributed by atoms with van der Waals surface area (Å²) in [4.78, 5) is 28.0. The molecule has 0 unspecified atom stereocenters. The number of carbonyl (C=O) groups excluding carboxylic acids is 2. The molecule has 9 heteroatoms. The van der Waals surface area contributed by atoms with E-state index >= 15 is 0 Å². The number of aromatic amines is 1. The normalized spacial score (nSPS) is 15.9. The number of hydrogen-bond acceptors (Lipinski definition) is 4. The zero-order valence-corrected chi connectivity index (χ0v) is 13.3. The minimum Gasteiger partial charge on any atom is -0.361 e. The van der Waals surface area contributed by atoms with Crippen molar-refractivity contribution < 1.29 is 18.0 Å². The third kappa shape index (κ3) is 2.67. The molecule has 0 fully saturated rings. The summed E-state index contributed by atoms with van der Waals surface area (Å²) in [6, 6.07) is 10.3. The fraction of sp³-hybridized carbons (Fsp3) is 0.0667. The van der Waals surface area contributed by atoms with E-state index in [1.54, 1.807) is 43.5 Å². The number of carbonyl (C=O) groups is 1. The highest BCUT2D eigenvalue weighted by atomic mass is 32.2. The van der Waals surface area contributed by atoms with Gasteiger partial charge in [-0.25, -0.2) is 9.80 Å². The maximum Gasteiger partial charge on any atom is 0.347 e. The molecule has 0 saturated carbocycles. The maximum absolute atomic E-state index is 12.8. The van der Waals surface area contributed by atoms with Gasteiger partial charge in [0.25, 0.3) is 12.0 Å². The topological polar surface area (TPSA) is 112 Å². The molecule has 0 atom stereocenters. The van der Waals surface area contributed by atoms with E-state index in [1.165, 1.54) is 0 Å². The van der Waals surface area contributed by atoms with Crippen LogP contribution in [0.2, 0.25) is 0 Å². The summed E-state index contributed by atoms with van der Waals surface area (Å²) < 4.78 is 26.1. The average molecular weight is 344 g/mol. The van der Waals surface area contributed by atoms with Gasteiger partial charge in [-0.05, 0) is 30.7 Å². The zero-order valence-electron chi connectivity index (χ0n) is 12.5. The van der Waals surface area contributed by atoms with Gasteiger partial charge in [-0.15, -0.1) is 0 Å². The molecular weight excluding hydrogens is 332 g/mol. The first-order valence-electron chi connectivity index (χ1n) is 6.84. The van der Waals surface area contributed by atoms with Crippen LogP contribution in [0.25, 0.3) is 11.1 Å². The smallest absolute Gasteiger partial charge is 0.347 e. The Morgan fingerprint density at radius 1 is 1.25 bits per heavy atom. The summed E-state index contributed by atoms with van der Waals surface area (Å²) in [7, 11) is -4.37. The Morgan fingerprint density at radius 2 is 2.00 bits per heavy atom. The van der Waals surface area contributed by atoms with Crippen molar-refractivity contribution in [1.82, 2.24) is 9.82 Å². The van der Waals surface area contributed by atoms with E-state index < -0.39 is 16.1 Å². The van der Waals surface area contributed by atoms with Gasteiger partial charge in [0.1, 0.15) is 0 Å². The van der Waals surface area contributed by atoms with Crippen LogP contribution in [0.15, 0.2) is 47.0 Å². The fourth-order valence-electron chi connectivity index (χ4n) is 2.55. The van der Waals surface area contributed by atoms with Gasteiger partial charge in [0.15, 0.2) is 0 Å². The van der Waals surface area contributed by atoms with Gasteiger partial charge >= 0.3 is 10.2 Å². The number of amides is 1. The van der Waals surface area contributed by atoms with Crippen molar-refractivity contribution >= 4 is 39.0 Å². The van der Waals surface area contributed by atoms with Gasteiger partial charge < -0.3 is 4.98 Å². The lowest BCUT2D eigenvalue weighted by molar-refractivity contribution is -0.113. The summed E-state index contributed by atoms with van der Waals surface area (Å²) in [6.45, 7) is 1.76. The summed E-state index contributed by atoms with van der Waals surface area (Å²) >= 11 is 0. The van der Waals surface area contributed by atoms with E-state index in [-0.39, 0.29) is 0 Å². The molecule has 2 N–H and O–H groups in total. The largest absolute Gasteiger partial charge is 0.361 e. The number of benzene rings is 1. The molecule has 2 aromatic rings. The third-order valence-electron chi connectivity index (χ3n) is 3.57. The molecule has 1 aliphatic heterocycles. The van der Waals surface area contributed by atoms with Crippen molar-refractivity contribution in [2.24, 2.45) is 4.40 Å². The van der Waals surface area contributed by atoms with E-state index in [1.807, 2.05) is 10.9 Å². The van der Waals surface area contributed by atoms with Crippen LogP contribution in [0.5, 0.6) is 0 Å². The summed E-state index contributed by atoms with van der Waals surface area (Å²) in [6.07, 6.45) is 2.67. The van der Waals surface area contributed by atoms with Crippen LogP contribution in [0.1, 0.15) is 18.2 Å². The summed E-state index contributed by atoms with van der Waals surface area (Å²) in [5.41, 5.74) is 2.69. The second kappa shape index (κ2) is 5.89. The summed E-state index contributed by atoms with van der Waals surface area (Å²) in [5.74, 6) is -0.562. The molecule has 1 amide bonds. The molecule has 1 aliphatic rings. The molecule has 2 heterocycles. The molecular formula is C15H12N4O4S. The minimum atomic E-state index is -4.37. The monoisotopic (exact) mass is 344 g/mol. The van der Waals surface area contributed by atoms with Crippen molar-refractivity contribution in [2.75, 3.05) is 5.01 Å². The Balaban J connectivity index is 2.15. The molecule has 0 saturated heterocycles. The Hall–Kier alpha value is -3.00. The first kappa shape index (κ1) is 15.9. The SMILES string of the molecule is CC(=C1C(=O)N(NS(=O)(=O)N=C=O)c2ccccc21)c1ccc[nH]1. The number of rotatable bonds is 4. The Labute approximate surface area is 137 Å². The number of fused-ring (bicyclic) bond motifs is 1. The predicted molar refractivity (Wildman–Crippen MR) is 87.4 cm³/mol. The van der Waals surface area contributed by atoms with E-state index in [0.29, 0.717) is 22.4 Å². The highest BCUT2D eigenvalue weighted by Gasteiger charge is 2.36. The molecule has 3 rings (SSSR count). The standard InChI is InChI=1S/C15H12N4O4S/c1-10(12-6-4-8-16-12)14-11-5-2-3-7-13(11)19(15(14)21)18-24(22,23)17-9-20/h2-8,16,18H,1H3. The van der Waals surface area contributed by atoms with Gasteiger partial charge in [-0.1, -0.05) is 27.4 Å². The molecule has 1 aromatic carbocycles.